The van der Waals surface area contributed by atoms with Crippen LogP contribution >= 0.6 is 15.9 Å². The minimum Gasteiger partial charge on any atom is -0.503 e. The van der Waals surface area contributed by atoms with Gasteiger partial charge in [0.15, 0.2) is 11.5 Å². The molecular weight excluding hydrogens is 364 g/mol. The van der Waals surface area contributed by atoms with Gasteiger partial charge < -0.3 is 14.6 Å². The molecule has 0 aliphatic carbocycles. The zero-order valence-electron chi connectivity index (χ0n) is 12.5. The smallest absolute Gasteiger partial charge is 0.271 e. The van der Waals surface area contributed by atoms with Gasteiger partial charge >= 0.3 is 0 Å². The number of hydrazone groups is 1. The molecule has 0 saturated heterocycles. The average molecular weight is 379 g/mol. The van der Waals surface area contributed by atoms with Crippen molar-refractivity contribution in [1.82, 2.24) is 5.43 Å². The normalized spacial score (nSPS) is 10.6. The van der Waals surface area contributed by atoms with E-state index in [0.29, 0.717) is 27.1 Å². The maximum atomic E-state index is 12.0. The summed E-state index contributed by atoms with van der Waals surface area (Å²) in [6.45, 7) is 0. The Bertz CT molecular complexity index is 747. The van der Waals surface area contributed by atoms with E-state index in [-0.39, 0.29) is 11.7 Å². The first kappa shape index (κ1) is 16.8. The number of rotatable bonds is 5. The molecular formula is C16H15BrN2O4. The third-order valence-corrected chi connectivity index (χ3v) is 3.59. The maximum absolute atomic E-state index is 12.0. The molecule has 7 heteroatoms. The first-order chi connectivity index (χ1) is 11.0. The number of aromatic hydroxyl groups is 1. The number of methoxy groups -OCH3 is 2. The molecule has 0 aliphatic rings. The molecule has 0 radical (unpaired) electrons. The third kappa shape index (κ3) is 4.23. The molecule has 2 N–H and O–H groups in total. The zero-order chi connectivity index (χ0) is 16.8. The van der Waals surface area contributed by atoms with Crippen LogP contribution in [0.1, 0.15) is 15.9 Å². The van der Waals surface area contributed by atoms with Gasteiger partial charge in [0, 0.05) is 5.56 Å². The molecule has 23 heavy (non-hydrogen) atoms. The van der Waals surface area contributed by atoms with E-state index < -0.39 is 0 Å². The van der Waals surface area contributed by atoms with E-state index in [4.69, 9.17) is 9.47 Å². The van der Waals surface area contributed by atoms with Gasteiger partial charge in [0.25, 0.3) is 5.91 Å². The molecule has 0 aromatic heterocycles. The van der Waals surface area contributed by atoms with Crippen molar-refractivity contribution >= 4 is 28.1 Å². The number of carbonyl (C=O) groups excluding carboxylic acids is 1. The van der Waals surface area contributed by atoms with Crippen molar-refractivity contribution in [2.24, 2.45) is 5.10 Å². The van der Waals surface area contributed by atoms with E-state index in [9.17, 15) is 9.90 Å². The molecule has 0 spiro atoms. The molecule has 0 bridgehead atoms. The lowest BCUT2D eigenvalue weighted by Crippen LogP contribution is -2.17. The molecule has 0 unspecified atom stereocenters. The highest BCUT2D eigenvalue weighted by molar-refractivity contribution is 9.10. The molecule has 0 fully saturated rings. The summed E-state index contributed by atoms with van der Waals surface area (Å²) >= 11 is 3.22. The molecule has 6 nitrogen and oxygen atoms in total. The average Bonchev–Trinajstić information content (AvgIpc) is 2.57. The summed E-state index contributed by atoms with van der Waals surface area (Å²) in [6, 6.07) is 10.00. The fourth-order valence-corrected chi connectivity index (χ4v) is 2.28. The van der Waals surface area contributed by atoms with Crippen LogP contribution in [0.4, 0.5) is 0 Å². The summed E-state index contributed by atoms with van der Waals surface area (Å²) in [5, 5.41) is 13.6. The minimum atomic E-state index is -0.357. The van der Waals surface area contributed by atoms with Crippen LogP contribution in [0, 0.1) is 0 Å². The summed E-state index contributed by atoms with van der Waals surface area (Å²) in [5.41, 5.74) is 3.51. The van der Waals surface area contributed by atoms with Crippen molar-refractivity contribution in [2.45, 2.75) is 0 Å². The second-order valence-electron chi connectivity index (χ2n) is 4.48. The standard InChI is InChI=1S/C16H15BrN2O4/c1-22-12-5-3-4-11(8-12)16(21)19-18-9-10-6-13(17)15(20)14(7-10)23-2/h3-9,20H,1-2H3,(H,19,21)/b18-9+. The van der Waals surface area contributed by atoms with Crippen LogP contribution in [0.3, 0.4) is 0 Å². The van der Waals surface area contributed by atoms with Crippen molar-refractivity contribution in [1.29, 1.82) is 0 Å². The predicted octanol–water partition coefficient (Wildman–Crippen LogP) is 2.94. The molecule has 120 valence electrons. The Morgan fingerprint density at radius 1 is 1.26 bits per heavy atom. The largest absolute Gasteiger partial charge is 0.503 e. The second kappa shape index (κ2) is 7.64. The number of phenols is 1. The molecule has 0 aliphatic heterocycles. The van der Waals surface area contributed by atoms with Gasteiger partial charge in [0.1, 0.15) is 5.75 Å². The Kier molecular flexibility index (Phi) is 5.59. The van der Waals surface area contributed by atoms with Crippen LogP contribution < -0.4 is 14.9 Å². The van der Waals surface area contributed by atoms with Gasteiger partial charge in [-0.15, -0.1) is 0 Å². The quantitative estimate of drug-likeness (QED) is 0.619. The maximum Gasteiger partial charge on any atom is 0.271 e. The van der Waals surface area contributed by atoms with Gasteiger partial charge in [-0.2, -0.15) is 5.10 Å². The van der Waals surface area contributed by atoms with Crippen LogP contribution in [0.25, 0.3) is 0 Å². The minimum absolute atomic E-state index is 0.00469. The molecule has 0 heterocycles. The van der Waals surface area contributed by atoms with Crippen LogP contribution in [0.2, 0.25) is 0 Å². The second-order valence-corrected chi connectivity index (χ2v) is 5.34. The molecule has 0 atom stereocenters. The topological polar surface area (TPSA) is 80.2 Å². The zero-order valence-corrected chi connectivity index (χ0v) is 14.1. The SMILES string of the molecule is COc1cccc(C(=O)N/N=C/c2cc(Br)c(O)c(OC)c2)c1. The molecule has 0 saturated carbocycles. The van der Waals surface area contributed by atoms with Gasteiger partial charge in [-0.05, 0) is 51.8 Å². The van der Waals surface area contributed by atoms with Crippen LogP contribution in [-0.2, 0) is 0 Å². The summed E-state index contributed by atoms with van der Waals surface area (Å²) in [7, 11) is 2.98. The van der Waals surface area contributed by atoms with E-state index in [1.54, 1.807) is 36.4 Å². The molecule has 2 aromatic carbocycles. The van der Waals surface area contributed by atoms with E-state index in [1.165, 1.54) is 20.4 Å². The van der Waals surface area contributed by atoms with Crippen LogP contribution in [-0.4, -0.2) is 31.4 Å². The fourth-order valence-electron chi connectivity index (χ4n) is 1.82. The van der Waals surface area contributed by atoms with Crippen LogP contribution in [0.15, 0.2) is 46.0 Å². The number of halogens is 1. The number of nitrogens with zero attached hydrogens (tertiary/aromatic N) is 1. The van der Waals surface area contributed by atoms with Gasteiger partial charge in [-0.1, -0.05) is 6.07 Å². The van der Waals surface area contributed by atoms with Crippen LogP contribution in [0.5, 0.6) is 17.2 Å². The number of nitrogens with one attached hydrogen (secondary N) is 1. The highest BCUT2D eigenvalue weighted by atomic mass is 79.9. The number of carbonyl (C=O) groups is 1. The molecule has 2 rings (SSSR count). The Balaban J connectivity index is 2.09. The number of hydrogen-bond acceptors (Lipinski definition) is 5. The number of ether oxygens (including phenoxy) is 2. The van der Waals surface area contributed by atoms with Crippen molar-refractivity contribution in [3.05, 3.63) is 52.0 Å². The Labute approximate surface area is 141 Å². The van der Waals surface area contributed by atoms with Crippen molar-refractivity contribution in [2.75, 3.05) is 14.2 Å². The van der Waals surface area contributed by atoms with Crippen molar-refractivity contribution < 1.29 is 19.4 Å². The summed E-state index contributed by atoms with van der Waals surface area (Å²) in [4.78, 5) is 12.0. The summed E-state index contributed by atoms with van der Waals surface area (Å²) in [6.07, 6.45) is 1.45. The monoisotopic (exact) mass is 378 g/mol. The number of hydrogen-bond donors (Lipinski definition) is 2. The van der Waals surface area contributed by atoms with E-state index in [0.717, 1.165) is 0 Å². The lowest BCUT2D eigenvalue weighted by Gasteiger charge is -2.06. The third-order valence-electron chi connectivity index (χ3n) is 2.98. The Morgan fingerprint density at radius 2 is 2.04 bits per heavy atom. The number of benzene rings is 2. The van der Waals surface area contributed by atoms with E-state index in [1.807, 2.05) is 0 Å². The Hall–Kier alpha value is -2.54. The number of phenolic OH excluding ortho intramolecular Hbond substituents is 1. The summed E-state index contributed by atoms with van der Waals surface area (Å²) < 4.78 is 10.6. The predicted molar refractivity (Wildman–Crippen MR) is 90.4 cm³/mol. The lowest BCUT2D eigenvalue weighted by molar-refractivity contribution is 0.0955. The van der Waals surface area contributed by atoms with Gasteiger partial charge in [-0.3, -0.25) is 4.79 Å². The van der Waals surface area contributed by atoms with Gasteiger partial charge in [-0.25, -0.2) is 5.43 Å². The fraction of sp³-hybridized carbons (Fsp3) is 0.125. The number of amides is 1. The highest BCUT2D eigenvalue weighted by Gasteiger charge is 2.08. The Morgan fingerprint density at radius 3 is 2.74 bits per heavy atom. The molecule has 2 aromatic rings. The highest BCUT2D eigenvalue weighted by Crippen LogP contribution is 2.34. The summed E-state index contributed by atoms with van der Waals surface area (Å²) in [5.74, 6) is 0.545. The van der Waals surface area contributed by atoms with E-state index >= 15 is 0 Å². The van der Waals surface area contributed by atoms with Gasteiger partial charge in [0.05, 0.1) is 24.9 Å². The van der Waals surface area contributed by atoms with Gasteiger partial charge in [0.2, 0.25) is 0 Å². The first-order valence-corrected chi connectivity index (χ1v) is 7.38. The van der Waals surface area contributed by atoms with Crippen molar-refractivity contribution in [3.63, 3.8) is 0 Å². The first-order valence-electron chi connectivity index (χ1n) is 6.59. The lowest BCUT2D eigenvalue weighted by atomic mass is 10.2. The van der Waals surface area contributed by atoms with Crippen molar-refractivity contribution in [3.8, 4) is 17.2 Å². The van der Waals surface area contributed by atoms with E-state index in [2.05, 4.69) is 26.5 Å². The molecule has 1 amide bonds.